The minimum atomic E-state index is -0.369. The molecule has 1 N–H and O–H groups in total. The molecule has 0 unspecified atom stereocenters. The van der Waals surface area contributed by atoms with Crippen LogP contribution in [-0.2, 0) is 10.8 Å². The van der Waals surface area contributed by atoms with Gasteiger partial charge in [0.2, 0.25) is 0 Å². The first-order valence-electron chi connectivity index (χ1n) is 20.9. The fourth-order valence-electron chi connectivity index (χ4n) is 10.8. The zero-order valence-electron chi connectivity index (χ0n) is 32.8. The van der Waals surface area contributed by atoms with Gasteiger partial charge in [-0.25, -0.2) is 9.98 Å². The lowest BCUT2D eigenvalue weighted by atomic mass is 9.67. The molecular formula is C54H43N3S. The molecule has 4 heteroatoms. The summed E-state index contributed by atoms with van der Waals surface area (Å²) in [5.41, 5.74) is 17.6. The monoisotopic (exact) mass is 765 g/mol. The molecule has 280 valence electrons. The molecule has 3 aliphatic carbocycles. The summed E-state index contributed by atoms with van der Waals surface area (Å²) in [6.07, 6.45) is 6.01. The molecule has 0 radical (unpaired) electrons. The molecule has 1 aromatic heterocycles. The van der Waals surface area contributed by atoms with Gasteiger partial charge in [0.1, 0.15) is 11.7 Å². The summed E-state index contributed by atoms with van der Waals surface area (Å²) in [7, 11) is 0. The highest BCUT2D eigenvalue weighted by atomic mass is 32.1. The molecule has 7 aromatic carbocycles. The molecular weight excluding hydrogens is 723 g/mol. The van der Waals surface area contributed by atoms with Gasteiger partial charge in [-0.05, 0) is 98.8 Å². The minimum absolute atomic E-state index is 0.0259. The Morgan fingerprint density at radius 2 is 1.14 bits per heavy atom. The van der Waals surface area contributed by atoms with Crippen molar-refractivity contribution in [3.63, 3.8) is 0 Å². The van der Waals surface area contributed by atoms with Gasteiger partial charge in [0.15, 0.2) is 6.17 Å². The highest BCUT2D eigenvalue weighted by Gasteiger charge is 2.46. The molecule has 0 bridgehead atoms. The van der Waals surface area contributed by atoms with Gasteiger partial charge in [-0.3, -0.25) is 0 Å². The summed E-state index contributed by atoms with van der Waals surface area (Å²) in [5.74, 6) is 1.68. The van der Waals surface area contributed by atoms with Crippen LogP contribution in [0.15, 0.2) is 162 Å². The zero-order valence-corrected chi connectivity index (χ0v) is 33.7. The third-order valence-corrected chi connectivity index (χ3v) is 15.0. The van der Waals surface area contributed by atoms with E-state index in [1.165, 1.54) is 96.8 Å². The van der Waals surface area contributed by atoms with Gasteiger partial charge in [0.05, 0.1) is 0 Å². The van der Waals surface area contributed by atoms with Crippen LogP contribution < -0.4 is 5.32 Å². The zero-order chi connectivity index (χ0) is 38.6. The number of nitrogens with zero attached hydrogens (tertiary/aromatic N) is 2. The smallest absolute Gasteiger partial charge is 0.171 e. The molecule has 3 nitrogen and oxygen atoms in total. The predicted octanol–water partition coefficient (Wildman–Crippen LogP) is 13.8. The molecule has 1 saturated carbocycles. The average Bonchev–Trinajstić information content (AvgIpc) is 3.86. The third-order valence-electron chi connectivity index (χ3n) is 13.7. The number of thiophene rings is 1. The highest BCUT2D eigenvalue weighted by Crippen LogP contribution is 2.60. The third kappa shape index (κ3) is 4.97. The summed E-state index contributed by atoms with van der Waals surface area (Å²) in [5, 5.41) is 6.10. The van der Waals surface area contributed by atoms with Crippen molar-refractivity contribution in [3.8, 4) is 33.4 Å². The van der Waals surface area contributed by atoms with E-state index in [4.69, 9.17) is 9.98 Å². The lowest BCUT2D eigenvalue weighted by Gasteiger charge is -2.36. The summed E-state index contributed by atoms with van der Waals surface area (Å²) < 4.78 is 2.53. The normalized spacial score (nSPS) is 17.3. The summed E-state index contributed by atoms with van der Waals surface area (Å²) in [4.78, 5) is 10.5. The molecule has 58 heavy (non-hydrogen) atoms. The lowest BCUT2D eigenvalue weighted by molar-refractivity contribution is 0.353. The van der Waals surface area contributed by atoms with E-state index >= 15 is 0 Å². The van der Waals surface area contributed by atoms with Crippen molar-refractivity contribution in [2.45, 2.75) is 62.9 Å². The maximum Gasteiger partial charge on any atom is 0.171 e. The molecule has 1 aliphatic heterocycles. The maximum atomic E-state index is 5.24. The van der Waals surface area contributed by atoms with Crippen LogP contribution in [0.4, 0.5) is 0 Å². The first-order valence-corrected chi connectivity index (χ1v) is 21.7. The Balaban J connectivity index is 0.978. The average molecular weight is 766 g/mol. The molecule has 1 spiro atoms. The molecule has 2 heterocycles. The molecule has 8 aromatic rings. The number of benzene rings is 7. The van der Waals surface area contributed by atoms with Crippen LogP contribution in [0.2, 0.25) is 0 Å². The van der Waals surface area contributed by atoms with E-state index in [9.17, 15) is 0 Å². The van der Waals surface area contributed by atoms with Crippen molar-refractivity contribution in [1.82, 2.24) is 5.32 Å². The molecule has 0 saturated heterocycles. The molecule has 4 aliphatic rings. The Hall–Kier alpha value is -6.10. The van der Waals surface area contributed by atoms with Crippen LogP contribution in [0.25, 0.3) is 53.6 Å². The van der Waals surface area contributed by atoms with Gasteiger partial charge in [-0.1, -0.05) is 154 Å². The van der Waals surface area contributed by atoms with Gasteiger partial charge in [-0.2, -0.15) is 0 Å². The summed E-state index contributed by atoms with van der Waals surface area (Å²) in [6.45, 7) is 4.82. The second-order valence-electron chi connectivity index (χ2n) is 17.2. The SMILES string of the molecule is CC1(C)c2ccccc2-c2cc3c(cc21)-c1cc(-c2ccc4sc5c(C6N=C(c7ccccc7)NC(c7ccccc7)=N6)cccc5c4c2)ccc1C31CCCCC1. The van der Waals surface area contributed by atoms with E-state index in [1.807, 2.05) is 23.5 Å². The Labute approximate surface area is 343 Å². The molecule has 12 rings (SSSR count). The van der Waals surface area contributed by atoms with E-state index in [-0.39, 0.29) is 17.0 Å². The number of hydrogen-bond donors (Lipinski definition) is 1. The number of aliphatic imine (C=N–C) groups is 2. The Kier molecular flexibility index (Phi) is 7.44. The van der Waals surface area contributed by atoms with E-state index in [0.29, 0.717) is 0 Å². The van der Waals surface area contributed by atoms with Crippen molar-refractivity contribution in [2.24, 2.45) is 9.98 Å². The van der Waals surface area contributed by atoms with Gasteiger partial charge in [-0.15, -0.1) is 11.3 Å². The number of hydrogen-bond acceptors (Lipinski definition) is 4. The Morgan fingerprint density at radius 3 is 1.90 bits per heavy atom. The van der Waals surface area contributed by atoms with Crippen LogP contribution >= 0.6 is 11.3 Å². The number of rotatable bonds is 4. The van der Waals surface area contributed by atoms with Crippen LogP contribution in [0.3, 0.4) is 0 Å². The summed E-state index contributed by atoms with van der Waals surface area (Å²) in [6, 6.07) is 56.3. The van der Waals surface area contributed by atoms with Gasteiger partial charge < -0.3 is 5.32 Å². The first kappa shape index (κ1) is 34.0. The molecule has 0 atom stereocenters. The second-order valence-corrected chi connectivity index (χ2v) is 18.3. The highest BCUT2D eigenvalue weighted by molar-refractivity contribution is 7.26. The predicted molar refractivity (Wildman–Crippen MR) is 243 cm³/mol. The van der Waals surface area contributed by atoms with E-state index in [0.717, 1.165) is 28.4 Å². The lowest BCUT2D eigenvalue weighted by Crippen LogP contribution is -2.36. The van der Waals surface area contributed by atoms with Crippen LogP contribution in [0.1, 0.15) is 91.1 Å². The van der Waals surface area contributed by atoms with Crippen LogP contribution in [0.5, 0.6) is 0 Å². The number of fused-ring (bicyclic) bond motifs is 11. The van der Waals surface area contributed by atoms with E-state index < -0.39 is 0 Å². The van der Waals surface area contributed by atoms with Crippen molar-refractivity contribution in [3.05, 3.63) is 191 Å². The number of nitrogens with one attached hydrogen (secondary N) is 1. The first-order chi connectivity index (χ1) is 28.5. The molecule has 0 amide bonds. The van der Waals surface area contributed by atoms with Gasteiger partial charge >= 0.3 is 0 Å². The fraction of sp³-hybridized carbons (Fsp3) is 0.185. The van der Waals surface area contributed by atoms with Crippen molar-refractivity contribution in [2.75, 3.05) is 0 Å². The topological polar surface area (TPSA) is 36.8 Å². The van der Waals surface area contributed by atoms with Crippen LogP contribution in [0, 0.1) is 0 Å². The standard InChI is InChI=1S/C54H43N3S/c1-53(2)44-22-11-10-19-37(44)41-32-47-42(31-46(41)53)40-29-35(23-25-45(40)54(47)27-12-5-13-28-54)36-24-26-48-43(30-36)38-20-14-21-39(49(38)58-48)52-56-50(33-15-6-3-7-16-33)55-51(57-52)34-17-8-4-9-18-34/h3-4,6-11,14-26,29-32,52H,5,12-13,27-28H2,1-2H3,(H,55,56,57). The van der Waals surface area contributed by atoms with Crippen molar-refractivity contribution >= 4 is 43.2 Å². The van der Waals surface area contributed by atoms with Gasteiger partial charge in [0.25, 0.3) is 0 Å². The molecule has 1 fully saturated rings. The Morgan fingerprint density at radius 1 is 0.500 bits per heavy atom. The summed E-state index contributed by atoms with van der Waals surface area (Å²) >= 11 is 1.85. The maximum absolute atomic E-state index is 5.24. The van der Waals surface area contributed by atoms with Crippen molar-refractivity contribution in [1.29, 1.82) is 0 Å². The Bertz CT molecular complexity index is 2980. The minimum Gasteiger partial charge on any atom is -0.324 e. The quantitative estimate of drug-likeness (QED) is 0.190. The van der Waals surface area contributed by atoms with Gasteiger partial charge in [0, 0.05) is 47.7 Å². The van der Waals surface area contributed by atoms with E-state index in [2.05, 4.69) is 159 Å². The number of amidine groups is 2. The van der Waals surface area contributed by atoms with E-state index in [1.54, 1.807) is 11.1 Å². The fourth-order valence-corrected chi connectivity index (χ4v) is 12.1. The van der Waals surface area contributed by atoms with Crippen molar-refractivity contribution < 1.29 is 0 Å². The largest absolute Gasteiger partial charge is 0.324 e. The van der Waals surface area contributed by atoms with Crippen LogP contribution in [-0.4, -0.2) is 11.7 Å². The second kappa shape index (κ2) is 12.7.